The minimum atomic E-state index is -1.29. The molecule has 0 aliphatic carbocycles. The fraction of sp³-hybridized carbons (Fsp3) is 0.556. The number of rotatable bonds is 8. The molecule has 150 valence electrons. The Morgan fingerprint density at radius 3 is 2.74 bits per heavy atom. The maximum absolute atomic E-state index is 12.6. The lowest BCUT2D eigenvalue weighted by atomic mass is 10.2. The summed E-state index contributed by atoms with van der Waals surface area (Å²) in [6, 6.07) is 7.36. The van der Waals surface area contributed by atoms with Gasteiger partial charge in [0.25, 0.3) is 0 Å². The number of quaternary nitrogens is 1. The largest absolute Gasteiger partial charge is 0.626 e. The molecule has 0 spiro atoms. The van der Waals surface area contributed by atoms with E-state index in [0.29, 0.717) is 30.5 Å². The number of nitrogens with one attached hydrogen (secondary N) is 2. The van der Waals surface area contributed by atoms with Crippen LogP contribution in [0.3, 0.4) is 0 Å². The summed E-state index contributed by atoms with van der Waals surface area (Å²) in [5.41, 5.74) is 0.894. The van der Waals surface area contributed by atoms with Crippen LogP contribution >= 0.6 is 11.6 Å². The zero-order valence-corrected chi connectivity index (χ0v) is 17.3. The van der Waals surface area contributed by atoms with Crippen molar-refractivity contribution in [1.29, 1.82) is 0 Å². The smallest absolute Gasteiger partial charge is 0.237 e. The monoisotopic (exact) mass is 414 g/mol. The molecule has 7 nitrogen and oxygen atoms in total. The van der Waals surface area contributed by atoms with Crippen molar-refractivity contribution in [2.24, 2.45) is 0 Å². The second kappa shape index (κ2) is 9.25. The fourth-order valence-corrected chi connectivity index (χ4v) is 4.63. The van der Waals surface area contributed by atoms with Crippen LogP contribution in [-0.4, -0.2) is 45.7 Å². The average molecular weight is 415 g/mol. The molecule has 3 atom stereocenters. The third kappa shape index (κ3) is 4.94. The maximum atomic E-state index is 12.6. The zero-order valence-electron chi connectivity index (χ0n) is 15.7. The molecule has 2 aliphatic heterocycles. The lowest BCUT2D eigenvalue weighted by molar-refractivity contribution is -0.836. The molecule has 0 saturated heterocycles. The molecule has 3 rings (SSSR count). The van der Waals surface area contributed by atoms with Crippen molar-refractivity contribution < 1.29 is 14.0 Å². The Bertz CT molecular complexity index is 700. The zero-order chi connectivity index (χ0) is 19.4. The van der Waals surface area contributed by atoms with Gasteiger partial charge in [-0.25, -0.2) is 12.8 Å². The van der Waals surface area contributed by atoms with E-state index >= 15 is 0 Å². The summed E-state index contributed by atoms with van der Waals surface area (Å²) in [5, 5.41) is 16.3. The Balaban J connectivity index is 1.39. The molecule has 9 heteroatoms. The van der Waals surface area contributed by atoms with E-state index in [9.17, 15) is 9.42 Å². The Morgan fingerprint density at radius 1 is 1.30 bits per heavy atom. The van der Waals surface area contributed by atoms with Gasteiger partial charge in [0.1, 0.15) is 11.4 Å². The highest BCUT2D eigenvalue weighted by Gasteiger charge is 2.40. The van der Waals surface area contributed by atoms with Crippen LogP contribution in [0.5, 0.6) is 5.75 Å². The number of halogens is 1. The van der Waals surface area contributed by atoms with E-state index in [1.807, 2.05) is 38.2 Å². The third-order valence-corrected chi connectivity index (χ3v) is 6.38. The molecule has 2 heterocycles. The Kier molecular flexibility index (Phi) is 6.99. The van der Waals surface area contributed by atoms with Crippen LogP contribution in [0.1, 0.15) is 32.6 Å². The average Bonchev–Trinajstić information content (AvgIpc) is 2.92. The molecule has 0 saturated carbocycles. The molecule has 2 aliphatic rings. The van der Waals surface area contributed by atoms with Crippen LogP contribution in [-0.2, 0) is 11.2 Å². The van der Waals surface area contributed by atoms with Crippen molar-refractivity contribution in [3.63, 3.8) is 0 Å². The van der Waals surface area contributed by atoms with Gasteiger partial charge in [0.15, 0.2) is 6.17 Å². The van der Waals surface area contributed by atoms with E-state index in [4.69, 9.17) is 16.3 Å². The Hall–Kier alpha value is -1.32. The number of nitrogens with zero attached hydrogens (tertiary/aromatic N) is 2. The topological polar surface area (TPSA) is 72.3 Å². The third-order valence-electron chi connectivity index (χ3n) is 4.73. The van der Waals surface area contributed by atoms with E-state index in [1.165, 1.54) is 0 Å². The molecule has 3 unspecified atom stereocenters. The van der Waals surface area contributed by atoms with Gasteiger partial charge in [0.2, 0.25) is 17.0 Å². The van der Waals surface area contributed by atoms with E-state index in [-0.39, 0.29) is 11.2 Å². The second-order valence-corrected chi connectivity index (χ2v) is 8.85. The summed E-state index contributed by atoms with van der Waals surface area (Å²) in [6.45, 7) is 3.65. The number of hydroxylamine groups is 2. The van der Waals surface area contributed by atoms with E-state index in [2.05, 4.69) is 5.32 Å². The van der Waals surface area contributed by atoms with Gasteiger partial charge in [-0.15, -0.1) is 0 Å². The number of ether oxygens (including phenoxy) is 1. The standard InChI is InChI=1S/C18H27ClN4O3S/c1-14-20-17-13-21(2)27(25)22(18(17)23(14)24)11-5-3-4-6-12-26-16-9-7-15(19)8-10-16/h7-10,14,20,23H,3-6,11-13H2,1-2H3. The normalized spacial score (nSPS) is 25.5. The molecule has 1 aromatic carbocycles. The molecule has 1 aromatic rings. The number of hydrogen-bond donors (Lipinski definition) is 2. The van der Waals surface area contributed by atoms with Crippen LogP contribution in [0.4, 0.5) is 0 Å². The van der Waals surface area contributed by atoms with Gasteiger partial charge < -0.3 is 20.3 Å². The fourth-order valence-electron chi connectivity index (χ4n) is 3.29. The van der Waals surface area contributed by atoms with Gasteiger partial charge in [0.05, 0.1) is 13.2 Å². The minimum Gasteiger partial charge on any atom is -0.626 e. The van der Waals surface area contributed by atoms with Crippen molar-refractivity contribution in [2.45, 2.75) is 38.8 Å². The summed E-state index contributed by atoms with van der Waals surface area (Å²) >= 11 is 4.56. The predicted molar refractivity (Wildman–Crippen MR) is 107 cm³/mol. The van der Waals surface area contributed by atoms with Crippen LogP contribution < -0.4 is 15.1 Å². The molecule has 27 heavy (non-hydrogen) atoms. The number of hydrogen-bond acceptors (Lipinski definition) is 4. The van der Waals surface area contributed by atoms with Gasteiger partial charge in [-0.1, -0.05) is 24.4 Å². The molecular weight excluding hydrogens is 388 g/mol. The predicted octanol–water partition coefficient (Wildman–Crippen LogP) is 1.61. The molecule has 0 radical (unpaired) electrons. The van der Waals surface area contributed by atoms with E-state index < -0.39 is 11.2 Å². The summed E-state index contributed by atoms with van der Waals surface area (Å²) in [5.74, 6) is 1.44. The first-order valence-corrected chi connectivity index (χ1v) is 10.7. The lowest BCUT2D eigenvalue weighted by Crippen LogP contribution is -3.10. The minimum absolute atomic E-state index is 0.0443. The van der Waals surface area contributed by atoms with E-state index in [1.54, 1.807) is 8.61 Å². The summed E-state index contributed by atoms with van der Waals surface area (Å²) in [6.07, 6.45) is 3.64. The summed E-state index contributed by atoms with van der Waals surface area (Å²) in [4.78, 5) is 0. The molecule has 0 bridgehead atoms. The summed E-state index contributed by atoms with van der Waals surface area (Å²) in [7, 11) is 1.82. The molecule has 0 amide bonds. The van der Waals surface area contributed by atoms with Crippen LogP contribution in [0, 0.1) is 5.21 Å². The second-order valence-electron chi connectivity index (χ2n) is 6.89. The Labute approximate surface area is 168 Å². The number of likely N-dealkylation sites (N-methyl/N-ethyl adjacent to an activating group) is 1. The van der Waals surface area contributed by atoms with Gasteiger partial charge in [-0.05, 0) is 37.1 Å². The first kappa shape index (κ1) is 20.4. The molecule has 0 fully saturated rings. The Morgan fingerprint density at radius 2 is 2.00 bits per heavy atom. The maximum Gasteiger partial charge on any atom is 0.237 e. The summed E-state index contributed by atoms with van der Waals surface area (Å²) < 4.78 is 21.8. The van der Waals surface area contributed by atoms with Gasteiger partial charge in [0, 0.05) is 25.5 Å². The van der Waals surface area contributed by atoms with Crippen LogP contribution in [0.25, 0.3) is 0 Å². The van der Waals surface area contributed by atoms with Crippen molar-refractivity contribution in [3.8, 4) is 5.75 Å². The SMILES string of the molecule is CC1NC2=C(N(CCCCCCOc3ccc(Cl)cc3)S(=O)N(C)C2)[NH+]1[O-]. The first-order chi connectivity index (χ1) is 13.0. The van der Waals surface area contributed by atoms with Gasteiger partial charge in [-0.2, -0.15) is 0 Å². The number of unbranched alkanes of at least 4 members (excludes halogenated alkanes) is 3. The first-order valence-electron chi connectivity index (χ1n) is 9.30. The highest BCUT2D eigenvalue weighted by Crippen LogP contribution is 2.21. The van der Waals surface area contributed by atoms with E-state index in [0.717, 1.165) is 37.1 Å². The molecule has 2 N–H and O–H groups in total. The van der Waals surface area contributed by atoms with Crippen molar-refractivity contribution >= 4 is 22.8 Å². The van der Waals surface area contributed by atoms with Crippen molar-refractivity contribution in [3.05, 3.63) is 46.0 Å². The quantitative estimate of drug-likeness (QED) is 0.500. The van der Waals surface area contributed by atoms with Crippen molar-refractivity contribution in [1.82, 2.24) is 13.9 Å². The van der Waals surface area contributed by atoms with Gasteiger partial charge in [-0.3, -0.25) is 0 Å². The van der Waals surface area contributed by atoms with Gasteiger partial charge >= 0.3 is 0 Å². The highest BCUT2D eigenvalue weighted by atomic mass is 35.5. The van der Waals surface area contributed by atoms with Crippen molar-refractivity contribution in [2.75, 3.05) is 26.7 Å². The van der Waals surface area contributed by atoms with Crippen LogP contribution in [0.15, 0.2) is 35.8 Å². The van der Waals surface area contributed by atoms with Crippen LogP contribution in [0.2, 0.25) is 5.02 Å². The molecule has 0 aromatic heterocycles. The number of benzene rings is 1. The lowest BCUT2D eigenvalue weighted by Gasteiger charge is -2.35. The molecular formula is C18H27ClN4O3S. The highest BCUT2D eigenvalue weighted by molar-refractivity contribution is 7.80.